The minimum absolute atomic E-state index is 0.0277. The summed E-state index contributed by atoms with van der Waals surface area (Å²) < 4.78 is 0. The van der Waals surface area contributed by atoms with E-state index < -0.39 is 0 Å². The molecule has 0 saturated carbocycles. The van der Waals surface area contributed by atoms with Crippen molar-refractivity contribution in [2.75, 3.05) is 13.1 Å². The molecule has 1 rings (SSSR count). The number of amides is 1. The molecule has 0 aliphatic rings. The standard InChI is InChI=1S/C16H24N2O/c1-4-12-17-13-15(19)18-16(2,3)11-10-14-8-6-5-7-9-14/h4-9,17H,1,10-13H2,2-3H3,(H,18,19). The van der Waals surface area contributed by atoms with Gasteiger partial charge < -0.3 is 10.6 Å². The predicted octanol–water partition coefficient (Wildman–Crippen LogP) is 2.29. The molecule has 19 heavy (non-hydrogen) atoms. The van der Waals surface area contributed by atoms with Gasteiger partial charge in [0.05, 0.1) is 6.54 Å². The van der Waals surface area contributed by atoms with Crippen LogP contribution < -0.4 is 10.6 Å². The smallest absolute Gasteiger partial charge is 0.234 e. The van der Waals surface area contributed by atoms with Crippen molar-refractivity contribution < 1.29 is 4.79 Å². The van der Waals surface area contributed by atoms with Crippen molar-refractivity contribution in [2.45, 2.75) is 32.2 Å². The van der Waals surface area contributed by atoms with Gasteiger partial charge in [-0.2, -0.15) is 0 Å². The predicted molar refractivity (Wildman–Crippen MR) is 80.1 cm³/mol. The summed E-state index contributed by atoms with van der Waals surface area (Å²) in [5.74, 6) is 0.0277. The minimum Gasteiger partial charge on any atom is -0.350 e. The Morgan fingerprint density at radius 1 is 1.32 bits per heavy atom. The highest BCUT2D eigenvalue weighted by Gasteiger charge is 2.19. The average Bonchev–Trinajstić information content (AvgIpc) is 2.37. The first-order valence-corrected chi connectivity index (χ1v) is 6.70. The second kappa shape index (κ2) is 7.74. The lowest BCUT2D eigenvalue weighted by atomic mass is 9.95. The van der Waals surface area contributed by atoms with E-state index in [9.17, 15) is 4.79 Å². The third-order valence-corrected chi connectivity index (χ3v) is 2.93. The van der Waals surface area contributed by atoms with Gasteiger partial charge in [0.1, 0.15) is 0 Å². The second-order valence-electron chi connectivity index (χ2n) is 5.34. The van der Waals surface area contributed by atoms with Crippen LogP contribution in [0, 0.1) is 0 Å². The van der Waals surface area contributed by atoms with Gasteiger partial charge in [0, 0.05) is 12.1 Å². The fourth-order valence-corrected chi connectivity index (χ4v) is 1.87. The van der Waals surface area contributed by atoms with Gasteiger partial charge in [-0.15, -0.1) is 6.58 Å². The molecule has 3 heteroatoms. The molecular formula is C16H24N2O. The first kappa shape index (κ1) is 15.4. The molecule has 0 aromatic heterocycles. The zero-order valence-corrected chi connectivity index (χ0v) is 11.9. The average molecular weight is 260 g/mol. The lowest BCUT2D eigenvalue weighted by Gasteiger charge is -2.26. The van der Waals surface area contributed by atoms with E-state index in [1.54, 1.807) is 6.08 Å². The van der Waals surface area contributed by atoms with Crippen LogP contribution >= 0.6 is 0 Å². The molecule has 0 fully saturated rings. The Morgan fingerprint density at radius 3 is 2.63 bits per heavy atom. The van der Waals surface area contributed by atoms with E-state index >= 15 is 0 Å². The molecule has 0 atom stereocenters. The summed E-state index contributed by atoms with van der Waals surface area (Å²) in [5, 5.41) is 6.05. The van der Waals surface area contributed by atoms with E-state index in [0.717, 1.165) is 12.8 Å². The van der Waals surface area contributed by atoms with Gasteiger partial charge in [0.2, 0.25) is 5.91 Å². The molecule has 1 aromatic rings. The molecule has 104 valence electrons. The largest absolute Gasteiger partial charge is 0.350 e. The third kappa shape index (κ3) is 6.77. The van der Waals surface area contributed by atoms with Gasteiger partial charge in [-0.25, -0.2) is 0 Å². The van der Waals surface area contributed by atoms with Crippen molar-refractivity contribution >= 4 is 5.91 Å². The quantitative estimate of drug-likeness (QED) is 0.556. The zero-order chi connectivity index (χ0) is 14.1. The van der Waals surface area contributed by atoms with Crippen molar-refractivity contribution in [3.8, 4) is 0 Å². The number of hydrogen-bond acceptors (Lipinski definition) is 2. The fourth-order valence-electron chi connectivity index (χ4n) is 1.87. The Kier molecular flexibility index (Phi) is 6.30. The maximum atomic E-state index is 11.7. The van der Waals surface area contributed by atoms with E-state index in [-0.39, 0.29) is 11.4 Å². The fraction of sp³-hybridized carbons (Fsp3) is 0.438. The van der Waals surface area contributed by atoms with Gasteiger partial charge in [-0.05, 0) is 32.3 Å². The van der Waals surface area contributed by atoms with Crippen LogP contribution in [0.15, 0.2) is 43.0 Å². The van der Waals surface area contributed by atoms with Gasteiger partial charge >= 0.3 is 0 Å². The van der Waals surface area contributed by atoms with Crippen LogP contribution in [0.4, 0.5) is 0 Å². The molecule has 0 bridgehead atoms. The van der Waals surface area contributed by atoms with Crippen LogP contribution in [0.2, 0.25) is 0 Å². The molecular weight excluding hydrogens is 236 g/mol. The van der Waals surface area contributed by atoms with E-state index in [2.05, 4.69) is 43.2 Å². The summed E-state index contributed by atoms with van der Waals surface area (Å²) in [5.41, 5.74) is 1.11. The topological polar surface area (TPSA) is 41.1 Å². The molecule has 0 saturated heterocycles. The van der Waals surface area contributed by atoms with Gasteiger partial charge in [0.15, 0.2) is 0 Å². The first-order valence-electron chi connectivity index (χ1n) is 6.70. The number of nitrogens with one attached hydrogen (secondary N) is 2. The van der Waals surface area contributed by atoms with Crippen LogP contribution in [0.3, 0.4) is 0 Å². The van der Waals surface area contributed by atoms with Gasteiger partial charge in [0.25, 0.3) is 0 Å². The Morgan fingerprint density at radius 2 is 2.00 bits per heavy atom. The van der Waals surface area contributed by atoms with Gasteiger partial charge in [-0.3, -0.25) is 4.79 Å². The van der Waals surface area contributed by atoms with Crippen LogP contribution in [0.5, 0.6) is 0 Å². The lowest BCUT2D eigenvalue weighted by Crippen LogP contribution is -2.47. The van der Waals surface area contributed by atoms with Crippen LogP contribution in [0.25, 0.3) is 0 Å². The second-order valence-corrected chi connectivity index (χ2v) is 5.34. The van der Waals surface area contributed by atoms with E-state index in [4.69, 9.17) is 0 Å². The monoisotopic (exact) mass is 260 g/mol. The summed E-state index contributed by atoms with van der Waals surface area (Å²) in [6.07, 6.45) is 3.63. The van der Waals surface area contributed by atoms with E-state index in [1.807, 2.05) is 18.2 Å². The highest BCUT2D eigenvalue weighted by Crippen LogP contribution is 2.13. The third-order valence-electron chi connectivity index (χ3n) is 2.93. The van der Waals surface area contributed by atoms with Crippen molar-refractivity contribution in [2.24, 2.45) is 0 Å². The molecule has 0 aliphatic heterocycles. The number of carbonyl (C=O) groups excluding carboxylic acids is 1. The van der Waals surface area contributed by atoms with Crippen molar-refractivity contribution in [1.29, 1.82) is 0 Å². The van der Waals surface area contributed by atoms with Gasteiger partial charge in [-0.1, -0.05) is 36.4 Å². The number of rotatable bonds is 8. The lowest BCUT2D eigenvalue weighted by molar-refractivity contribution is -0.121. The Bertz CT molecular complexity index is 398. The molecule has 0 radical (unpaired) electrons. The molecule has 0 spiro atoms. The molecule has 1 aromatic carbocycles. The first-order chi connectivity index (χ1) is 9.03. The van der Waals surface area contributed by atoms with Crippen LogP contribution in [0.1, 0.15) is 25.8 Å². The number of benzene rings is 1. The highest BCUT2D eigenvalue weighted by molar-refractivity contribution is 5.78. The SMILES string of the molecule is C=CCNCC(=O)NC(C)(C)CCc1ccccc1. The normalized spacial score (nSPS) is 11.1. The molecule has 0 aliphatic carbocycles. The zero-order valence-electron chi connectivity index (χ0n) is 11.9. The number of carbonyl (C=O) groups is 1. The molecule has 0 unspecified atom stereocenters. The molecule has 3 nitrogen and oxygen atoms in total. The van der Waals surface area contributed by atoms with Crippen molar-refractivity contribution in [3.05, 3.63) is 48.6 Å². The number of hydrogen-bond donors (Lipinski definition) is 2. The Labute approximate surface area is 116 Å². The maximum Gasteiger partial charge on any atom is 0.234 e. The van der Waals surface area contributed by atoms with Crippen molar-refractivity contribution in [3.63, 3.8) is 0 Å². The molecule has 0 heterocycles. The maximum absolute atomic E-state index is 11.7. The summed E-state index contributed by atoms with van der Waals surface area (Å²) in [6, 6.07) is 10.3. The minimum atomic E-state index is -0.192. The molecule has 1 amide bonds. The van der Waals surface area contributed by atoms with E-state index in [1.165, 1.54) is 5.56 Å². The van der Waals surface area contributed by atoms with E-state index in [0.29, 0.717) is 13.1 Å². The molecule has 2 N–H and O–H groups in total. The summed E-state index contributed by atoms with van der Waals surface area (Å²) in [4.78, 5) is 11.7. The summed E-state index contributed by atoms with van der Waals surface area (Å²) in [6.45, 7) is 8.70. The Balaban J connectivity index is 2.34. The summed E-state index contributed by atoms with van der Waals surface area (Å²) >= 11 is 0. The highest BCUT2D eigenvalue weighted by atomic mass is 16.2. The van der Waals surface area contributed by atoms with Crippen LogP contribution in [-0.2, 0) is 11.2 Å². The van der Waals surface area contributed by atoms with Crippen molar-refractivity contribution in [1.82, 2.24) is 10.6 Å². The Hall–Kier alpha value is -1.61. The van der Waals surface area contributed by atoms with Crippen LogP contribution in [-0.4, -0.2) is 24.5 Å². The summed E-state index contributed by atoms with van der Waals surface area (Å²) in [7, 11) is 0. The number of aryl methyl sites for hydroxylation is 1.